The fourth-order valence-electron chi connectivity index (χ4n) is 4.45. The molecule has 4 nitrogen and oxygen atoms in total. The Hall–Kier alpha value is -3.15. The highest BCUT2D eigenvalue weighted by Crippen LogP contribution is 2.44. The van der Waals surface area contributed by atoms with Crippen molar-refractivity contribution in [3.8, 4) is 5.75 Å². The fraction of sp³-hybridized carbons (Fsp3) is 0.214. The van der Waals surface area contributed by atoms with Crippen molar-refractivity contribution >= 4 is 46.8 Å². The summed E-state index contributed by atoms with van der Waals surface area (Å²) in [6.07, 6.45) is 7.15. The first kappa shape index (κ1) is 24.0. The first-order valence-electron chi connectivity index (χ1n) is 11.1. The standard InChI is InChI=1S/C28H26ClNO3S/c1-30(26(31)16-13-20-11-14-22(33-2)15-12-20)28(24-9-3-4-10-25(24)29)17-5-7-21(27(28)32)19-23-8-6-18-34-23/h3-4,6,8-16,18-19H,5,7,17H2,1-2H3/b16-13+,21-19-. The molecule has 174 valence electrons. The third kappa shape index (κ3) is 4.72. The first-order valence-corrected chi connectivity index (χ1v) is 12.4. The molecule has 1 fully saturated rings. The minimum absolute atomic E-state index is 0.0750. The number of halogens is 1. The van der Waals surface area contributed by atoms with Gasteiger partial charge in [-0.25, -0.2) is 0 Å². The van der Waals surface area contributed by atoms with Gasteiger partial charge in [0.15, 0.2) is 5.78 Å². The van der Waals surface area contributed by atoms with Crippen LogP contribution in [0.3, 0.4) is 0 Å². The largest absolute Gasteiger partial charge is 0.497 e. The van der Waals surface area contributed by atoms with Gasteiger partial charge in [-0.3, -0.25) is 9.59 Å². The van der Waals surface area contributed by atoms with Crippen LogP contribution in [0, 0.1) is 0 Å². The Morgan fingerprint density at radius 3 is 2.56 bits per heavy atom. The monoisotopic (exact) mass is 491 g/mol. The van der Waals surface area contributed by atoms with Crippen molar-refractivity contribution in [2.45, 2.75) is 24.8 Å². The Bertz CT molecular complexity index is 1230. The molecule has 1 aliphatic rings. The lowest BCUT2D eigenvalue weighted by molar-refractivity contribution is -0.142. The Morgan fingerprint density at radius 1 is 1.12 bits per heavy atom. The van der Waals surface area contributed by atoms with Gasteiger partial charge in [0.05, 0.1) is 7.11 Å². The normalized spacial score (nSPS) is 19.5. The van der Waals surface area contributed by atoms with Crippen LogP contribution in [0.1, 0.15) is 35.3 Å². The molecule has 1 unspecified atom stereocenters. The third-order valence-corrected chi connectivity index (χ3v) is 7.42. The molecular weight excluding hydrogens is 466 g/mol. The molecule has 1 atom stereocenters. The minimum Gasteiger partial charge on any atom is -0.497 e. The quantitative estimate of drug-likeness (QED) is 0.364. The number of ether oxygens (including phenoxy) is 1. The number of nitrogens with zero attached hydrogens (tertiary/aromatic N) is 1. The molecule has 2 aromatic carbocycles. The van der Waals surface area contributed by atoms with Gasteiger partial charge in [-0.15, -0.1) is 11.3 Å². The molecule has 0 saturated heterocycles. The number of methoxy groups -OCH3 is 1. The van der Waals surface area contributed by atoms with Crippen LogP contribution in [0.4, 0.5) is 0 Å². The fourth-order valence-corrected chi connectivity index (χ4v) is 5.42. The summed E-state index contributed by atoms with van der Waals surface area (Å²) in [5.41, 5.74) is 1.07. The highest BCUT2D eigenvalue weighted by molar-refractivity contribution is 7.10. The Labute approximate surface area is 209 Å². The molecule has 0 N–H and O–H groups in total. The lowest BCUT2D eigenvalue weighted by atomic mass is 9.72. The predicted molar refractivity (Wildman–Crippen MR) is 139 cm³/mol. The zero-order chi connectivity index (χ0) is 24.1. The summed E-state index contributed by atoms with van der Waals surface area (Å²) in [4.78, 5) is 30.0. The second-order valence-corrected chi connectivity index (χ2v) is 9.60. The van der Waals surface area contributed by atoms with E-state index in [-0.39, 0.29) is 11.7 Å². The van der Waals surface area contributed by atoms with E-state index < -0.39 is 5.54 Å². The number of amides is 1. The van der Waals surface area contributed by atoms with Crippen molar-refractivity contribution in [2.24, 2.45) is 0 Å². The SMILES string of the molecule is COc1ccc(/C=C/C(=O)N(C)C2(c3ccccc3Cl)CCC/C(=C/c3cccs3)C2=O)cc1. The molecule has 1 saturated carbocycles. The number of hydrogen-bond acceptors (Lipinski definition) is 4. The van der Waals surface area contributed by atoms with Crippen molar-refractivity contribution in [1.29, 1.82) is 0 Å². The van der Waals surface area contributed by atoms with Gasteiger partial charge in [0, 0.05) is 28.6 Å². The highest BCUT2D eigenvalue weighted by atomic mass is 35.5. The predicted octanol–water partition coefficient (Wildman–Crippen LogP) is 6.61. The second-order valence-electron chi connectivity index (χ2n) is 8.21. The van der Waals surface area contributed by atoms with Gasteiger partial charge < -0.3 is 9.64 Å². The summed E-state index contributed by atoms with van der Waals surface area (Å²) in [6, 6.07) is 18.7. The summed E-state index contributed by atoms with van der Waals surface area (Å²) >= 11 is 8.20. The van der Waals surface area contributed by atoms with Crippen molar-refractivity contribution in [3.63, 3.8) is 0 Å². The Kier molecular flexibility index (Phi) is 7.35. The zero-order valence-electron chi connectivity index (χ0n) is 19.2. The van der Waals surface area contributed by atoms with Crippen LogP contribution in [0.2, 0.25) is 5.02 Å². The molecule has 4 rings (SSSR count). The van der Waals surface area contributed by atoms with E-state index in [1.165, 1.54) is 6.08 Å². The van der Waals surface area contributed by atoms with Gasteiger partial charge in [0.25, 0.3) is 0 Å². The number of rotatable bonds is 6. The van der Waals surface area contributed by atoms with Gasteiger partial charge in [0.1, 0.15) is 11.3 Å². The van der Waals surface area contributed by atoms with Crippen molar-refractivity contribution < 1.29 is 14.3 Å². The maximum Gasteiger partial charge on any atom is 0.247 e. The lowest BCUT2D eigenvalue weighted by Crippen LogP contribution is -2.54. The van der Waals surface area contributed by atoms with Gasteiger partial charge >= 0.3 is 0 Å². The summed E-state index contributed by atoms with van der Waals surface area (Å²) in [7, 11) is 3.30. The molecule has 3 aromatic rings. The maximum absolute atomic E-state index is 14.1. The zero-order valence-corrected chi connectivity index (χ0v) is 20.7. The van der Waals surface area contributed by atoms with Crippen LogP contribution in [0.5, 0.6) is 5.75 Å². The van der Waals surface area contributed by atoms with Gasteiger partial charge in [0.2, 0.25) is 5.91 Å². The summed E-state index contributed by atoms with van der Waals surface area (Å²) in [5.74, 6) is 0.409. The van der Waals surface area contributed by atoms with Gasteiger partial charge in [-0.05, 0) is 72.2 Å². The lowest BCUT2D eigenvalue weighted by Gasteiger charge is -2.44. The Morgan fingerprint density at radius 2 is 1.88 bits per heavy atom. The van der Waals surface area contributed by atoms with Gasteiger partial charge in [-0.2, -0.15) is 0 Å². The van der Waals surface area contributed by atoms with E-state index in [9.17, 15) is 9.59 Å². The smallest absolute Gasteiger partial charge is 0.247 e. The van der Waals surface area contributed by atoms with E-state index in [1.54, 1.807) is 42.5 Å². The van der Waals surface area contributed by atoms with Crippen molar-refractivity contribution in [2.75, 3.05) is 14.2 Å². The molecule has 1 heterocycles. The van der Waals surface area contributed by atoms with Crippen molar-refractivity contribution in [3.05, 3.63) is 98.7 Å². The first-order chi connectivity index (χ1) is 16.5. The molecule has 1 aliphatic carbocycles. The topological polar surface area (TPSA) is 46.6 Å². The molecule has 6 heteroatoms. The van der Waals surface area contributed by atoms with E-state index in [2.05, 4.69) is 0 Å². The number of carbonyl (C=O) groups excluding carboxylic acids is 2. The molecule has 0 aliphatic heterocycles. The molecule has 1 aromatic heterocycles. The van der Waals surface area contributed by atoms with Crippen LogP contribution in [0.25, 0.3) is 12.2 Å². The number of benzene rings is 2. The summed E-state index contributed by atoms with van der Waals surface area (Å²) in [6.45, 7) is 0. The average molecular weight is 492 g/mol. The number of ketones is 1. The van der Waals surface area contributed by atoms with E-state index in [0.717, 1.165) is 22.6 Å². The highest BCUT2D eigenvalue weighted by Gasteiger charge is 2.49. The van der Waals surface area contributed by atoms with Crippen molar-refractivity contribution in [1.82, 2.24) is 4.90 Å². The maximum atomic E-state index is 14.1. The molecule has 0 radical (unpaired) electrons. The number of thiophene rings is 1. The van der Waals surface area contributed by atoms with Crippen LogP contribution < -0.4 is 4.74 Å². The molecule has 1 amide bonds. The van der Waals surface area contributed by atoms with Gasteiger partial charge in [-0.1, -0.05) is 48.0 Å². The number of hydrogen-bond donors (Lipinski definition) is 0. The summed E-state index contributed by atoms with van der Waals surface area (Å²) in [5, 5.41) is 2.47. The molecular formula is C28H26ClNO3S. The average Bonchev–Trinajstić information content (AvgIpc) is 3.37. The van der Waals surface area contributed by atoms with E-state index in [0.29, 0.717) is 29.0 Å². The Balaban J connectivity index is 1.72. The second kappa shape index (κ2) is 10.4. The molecule has 34 heavy (non-hydrogen) atoms. The van der Waals surface area contributed by atoms with E-state index in [4.69, 9.17) is 16.3 Å². The minimum atomic E-state index is -1.17. The number of Topliss-reactive ketones (excluding diaryl/α,β-unsaturated/α-hetero) is 1. The van der Waals surface area contributed by atoms with Crippen LogP contribution in [-0.4, -0.2) is 30.7 Å². The molecule has 0 bridgehead atoms. The van der Waals surface area contributed by atoms with E-state index >= 15 is 0 Å². The van der Waals surface area contributed by atoms with Crippen LogP contribution >= 0.6 is 22.9 Å². The van der Waals surface area contributed by atoms with Crippen LogP contribution in [0.15, 0.2) is 77.7 Å². The summed E-state index contributed by atoms with van der Waals surface area (Å²) < 4.78 is 5.19. The number of carbonyl (C=O) groups is 2. The number of likely N-dealkylation sites (N-methyl/N-ethyl adjacent to an activating group) is 1. The third-order valence-electron chi connectivity index (χ3n) is 6.27. The van der Waals surface area contributed by atoms with E-state index in [1.807, 2.05) is 66.1 Å². The molecule has 0 spiro atoms. The van der Waals surface area contributed by atoms with Crippen LogP contribution in [-0.2, 0) is 15.1 Å².